The molecule has 1 heterocycles. The van der Waals surface area contributed by atoms with Gasteiger partial charge < -0.3 is 10.1 Å². The van der Waals surface area contributed by atoms with Crippen molar-refractivity contribution in [1.82, 2.24) is 0 Å². The molecule has 0 aromatic heterocycles. The number of carbonyl (C=O) groups excluding carboxylic acids is 2. The Morgan fingerprint density at radius 2 is 1.75 bits per heavy atom. The molecular formula is C20H19NO3. The number of cyclic esters (lactones) is 1. The Bertz CT molecular complexity index is 811. The van der Waals surface area contributed by atoms with Crippen molar-refractivity contribution in [3.63, 3.8) is 0 Å². The lowest BCUT2D eigenvalue weighted by Gasteiger charge is -2.13. The summed E-state index contributed by atoms with van der Waals surface area (Å²) in [6.07, 6.45) is -0.859. The highest BCUT2D eigenvalue weighted by Gasteiger charge is 2.45. The second kappa shape index (κ2) is 6.32. The molecule has 0 aliphatic carbocycles. The number of hydrogen-bond acceptors (Lipinski definition) is 4. The minimum absolute atomic E-state index is 0.285. The average molecular weight is 321 g/mol. The van der Waals surface area contributed by atoms with Crippen molar-refractivity contribution in [2.24, 2.45) is 5.92 Å². The van der Waals surface area contributed by atoms with E-state index in [-0.39, 0.29) is 5.78 Å². The number of ketones is 1. The van der Waals surface area contributed by atoms with Crippen molar-refractivity contribution in [1.29, 1.82) is 0 Å². The first-order valence-corrected chi connectivity index (χ1v) is 7.79. The van der Waals surface area contributed by atoms with E-state index in [1.165, 1.54) is 5.56 Å². The Labute approximate surface area is 141 Å². The summed E-state index contributed by atoms with van der Waals surface area (Å²) in [5, 5.41) is 3.07. The van der Waals surface area contributed by atoms with Crippen LogP contribution in [0.4, 0.5) is 5.69 Å². The number of benzene rings is 2. The zero-order valence-electron chi connectivity index (χ0n) is 13.7. The summed E-state index contributed by atoms with van der Waals surface area (Å²) in [7, 11) is 0. The summed E-state index contributed by atoms with van der Waals surface area (Å²) in [5.41, 5.74) is 4.11. The Hall–Kier alpha value is -2.88. The molecular weight excluding hydrogens is 302 g/mol. The van der Waals surface area contributed by atoms with Gasteiger partial charge in [0, 0.05) is 16.9 Å². The molecule has 1 fully saturated rings. The quantitative estimate of drug-likeness (QED) is 0.689. The van der Waals surface area contributed by atoms with E-state index in [2.05, 4.69) is 11.9 Å². The first-order chi connectivity index (χ1) is 11.5. The number of esters is 1. The fourth-order valence-electron chi connectivity index (χ4n) is 2.76. The number of Topliss-reactive ketones (excluding diaryl/α,β-unsaturated/α-hetero) is 1. The van der Waals surface area contributed by atoms with Gasteiger partial charge in [0.1, 0.15) is 0 Å². The largest absolute Gasteiger partial charge is 0.449 e. The Morgan fingerprint density at radius 1 is 1.04 bits per heavy atom. The summed E-state index contributed by atoms with van der Waals surface area (Å²) < 4.78 is 5.28. The number of nitrogens with one attached hydrogen (secondary N) is 1. The highest BCUT2D eigenvalue weighted by Crippen LogP contribution is 2.33. The van der Waals surface area contributed by atoms with Crippen molar-refractivity contribution < 1.29 is 14.3 Å². The molecule has 1 aliphatic rings. The molecule has 4 nitrogen and oxygen atoms in total. The fourth-order valence-corrected chi connectivity index (χ4v) is 2.76. The molecule has 0 radical (unpaired) electrons. The van der Waals surface area contributed by atoms with Crippen molar-refractivity contribution in [3.8, 4) is 0 Å². The molecule has 0 unspecified atom stereocenters. The molecule has 0 bridgehead atoms. The van der Waals surface area contributed by atoms with Crippen LogP contribution in [0.3, 0.4) is 0 Å². The van der Waals surface area contributed by atoms with Gasteiger partial charge in [0.15, 0.2) is 17.8 Å². The Morgan fingerprint density at radius 3 is 2.42 bits per heavy atom. The van der Waals surface area contributed by atoms with Gasteiger partial charge in [-0.05, 0) is 37.1 Å². The molecule has 1 N–H and O–H groups in total. The lowest BCUT2D eigenvalue weighted by atomic mass is 9.96. The highest BCUT2D eigenvalue weighted by atomic mass is 16.6. The highest BCUT2D eigenvalue weighted by molar-refractivity contribution is 6.09. The van der Waals surface area contributed by atoms with E-state index >= 15 is 0 Å². The van der Waals surface area contributed by atoms with Gasteiger partial charge in [-0.1, -0.05) is 43.0 Å². The normalized spacial score (nSPS) is 19.9. The Balaban J connectivity index is 1.78. The van der Waals surface area contributed by atoms with E-state index in [0.717, 1.165) is 11.3 Å². The molecule has 4 heteroatoms. The van der Waals surface area contributed by atoms with Crippen molar-refractivity contribution in [3.05, 3.63) is 77.5 Å². The maximum Gasteiger partial charge on any atom is 0.323 e. The number of rotatable bonds is 4. The third-order valence-electron chi connectivity index (χ3n) is 4.28. The summed E-state index contributed by atoms with van der Waals surface area (Å²) in [6, 6.07) is 14.9. The molecule has 1 aliphatic heterocycles. The predicted octanol–water partition coefficient (Wildman–Crippen LogP) is 3.71. The second-order valence-corrected chi connectivity index (χ2v) is 6.01. The first-order valence-electron chi connectivity index (χ1n) is 7.79. The molecule has 3 rings (SSSR count). The van der Waals surface area contributed by atoms with Crippen LogP contribution in [-0.2, 0) is 14.3 Å². The van der Waals surface area contributed by atoms with Crippen LogP contribution in [0.25, 0.3) is 0 Å². The van der Waals surface area contributed by atoms with Crippen molar-refractivity contribution in [2.45, 2.75) is 20.0 Å². The zero-order chi connectivity index (χ0) is 17.3. The SMILES string of the molecule is C=C(Nc1ccc(C)c(C)c1)[C@@H]1C(=O)O[C@H](c2ccccc2)C1=O. The first kappa shape index (κ1) is 16.0. The molecule has 0 spiro atoms. The van der Waals surface area contributed by atoms with Gasteiger partial charge in [-0.3, -0.25) is 9.59 Å². The summed E-state index contributed by atoms with van der Waals surface area (Å²) in [4.78, 5) is 24.8. The van der Waals surface area contributed by atoms with Gasteiger partial charge in [0.05, 0.1) is 0 Å². The average Bonchev–Trinajstić information content (AvgIpc) is 2.86. The van der Waals surface area contributed by atoms with Crippen LogP contribution in [0.2, 0.25) is 0 Å². The van der Waals surface area contributed by atoms with E-state index < -0.39 is 18.0 Å². The summed E-state index contributed by atoms with van der Waals surface area (Å²) >= 11 is 0. The third kappa shape index (κ3) is 2.95. The number of aryl methyl sites for hydroxylation is 2. The number of anilines is 1. The van der Waals surface area contributed by atoms with Crippen LogP contribution in [0.1, 0.15) is 22.8 Å². The van der Waals surface area contributed by atoms with Crippen molar-refractivity contribution >= 4 is 17.4 Å². The van der Waals surface area contributed by atoms with Gasteiger partial charge in [0.25, 0.3) is 0 Å². The molecule has 2 aromatic carbocycles. The monoisotopic (exact) mass is 321 g/mol. The molecule has 24 heavy (non-hydrogen) atoms. The maximum atomic E-state index is 12.6. The van der Waals surface area contributed by atoms with E-state index in [0.29, 0.717) is 11.3 Å². The maximum absolute atomic E-state index is 12.6. The predicted molar refractivity (Wildman–Crippen MR) is 92.5 cm³/mol. The minimum atomic E-state index is -0.989. The smallest absolute Gasteiger partial charge is 0.323 e. The Kier molecular flexibility index (Phi) is 4.21. The lowest BCUT2D eigenvalue weighted by Crippen LogP contribution is -2.22. The van der Waals surface area contributed by atoms with E-state index in [4.69, 9.17) is 4.74 Å². The van der Waals surface area contributed by atoms with Crippen LogP contribution in [0, 0.1) is 19.8 Å². The fraction of sp³-hybridized carbons (Fsp3) is 0.200. The number of carbonyl (C=O) groups is 2. The van der Waals surface area contributed by atoms with E-state index in [9.17, 15) is 9.59 Å². The third-order valence-corrected chi connectivity index (χ3v) is 4.28. The standard InChI is InChI=1S/C20H19NO3/c1-12-9-10-16(11-13(12)2)21-14(3)17-18(22)19(24-20(17)23)15-7-5-4-6-8-15/h4-11,17,19,21H,3H2,1-2H3/t17-,19+/m0/s1. The van der Waals surface area contributed by atoms with Crippen LogP contribution < -0.4 is 5.32 Å². The van der Waals surface area contributed by atoms with Gasteiger partial charge in [-0.25, -0.2) is 0 Å². The summed E-state index contributed by atoms with van der Waals surface area (Å²) in [6.45, 7) is 7.91. The van der Waals surface area contributed by atoms with Gasteiger partial charge in [-0.2, -0.15) is 0 Å². The lowest BCUT2D eigenvalue weighted by molar-refractivity contribution is -0.144. The second-order valence-electron chi connectivity index (χ2n) is 6.01. The zero-order valence-corrected chi connectivity index (χ0v) is 13.7. The molecule has 2 aromatic rings. The topological polar surface area (TPSA) is 55.4 Å². The van der Waals surface area contributed by atoms with Gasteiger partial charge >= 0.3 is 5.97 Å². The molecule has 122 valence electrons. The van der Waals surface area contributed by atoms with Crippen LogP contribution >= 0.6 is 0 Å². The minimum Gasteiger partial charge on any atom is -0.449 e. The number of hydrogen-bond donors (Lipinski definition) is 1. The molecule has 2 atom stereocenters. The van der Waals surface area contributed by atoms with Gasteiger partial charge in [-0.15, -0.1) is 0 Å². The van der Waals surface area contributed by atoms with E-state index in [1.807, 2.05) is 50.2 Å². The van der Waals surface area contributed by atoms with Crippen molar-refractivity contribution in [2.75, 3.05) is 5.32 Å². The van der Waals surface area contributed by atoms with Crippen LogP contribution in [-0.4, -0.2) is 11.8 Å². The molecule has 1 saturated heterocycles. The molecule has 0 saturated carbocycles. The number of ether oxygens (including phenoxy) is 1. The van der Waals surface area contributed by atoms with Gasteiger partial charge in [0.2, 0.25) is 0 Å². The van der Waals surface area contributed by atoms with E-state index in [1.54, 1.807) is 12.1 Å². The summed E-state index contributed by atoms with van der Waals surface area (Å²) in [5.74, 6) is -1.83. The molecule has 0 amide bonds. The van der Waals surface area contributed by atoms with Crippen LogP contribution in [0.5, 0.6) is 0 Å². The van der Waals surface area contributed by atoms with Crippen LogP contribution in [0.15, 0.2) is 60.8 Å².